The second kappa shape index (κ2) is 13.4. The largest absolute Gasteiger partial charge is 0.325 e. The van der Waals surface area contributed by atoms with Crippen LogP contribution in [0.25, 0.3) is 11.1 Å². The zero-order chi connectivity index (χ0) is 28.7. The van der Waals surface area contributed by atoms with Gasteiger partial charge in [-0.05, 0) is 108 Å². The van der Waals surface area contributed by atoms with Crippen molar-refractivity contribution in [1.82, 2.24) is 25.5 Å². The molecule has 0 saturated carbocycles. The highest BCUT2D eigenvalue weighted by molar-refractivity contribution is 5.72. The van der Waals surface area contributed by atoms with Crippen molar-refractivity contribution in [3.63, 3.8) is 0 Å². The average Bonchev–Trinajstić information content (AvgIpc) is 3.24. The Morgan fingerprint density at radius 3 is 2.62 bits per heavy atom. The lowest BCUT2D eigenvalue weighted by Gasteiger charge is -2.27. The summed E-state index contributed by atoms with van der Waals surface area (Å²) in [6.45, 7) is 10.6. The minimum Gasteiger partial charge on any atom is -0.325 e. The van der Waals surface area contributed by atoms with Gasteiger partial charge >= 0.3 is 0 Å². The molecule has 7 nitrogen and oxygen atoms in total. The number of pyridine rings is 2. The van der Waals surface area contributed by atoms with Crippen molar-refractivity contribution in [2.24, 2.45) is 4.99 Å². The van der Waals surface area contributed by atoms with Crippen LogP contribution in [0.1, 0.15) is 50.7 Å². The second-order valence-electron chi connectivity index (χ2n) is 11.3. The number of aliphatic imine (C=N–C) groups is 1. The van der Waals surface area contributed by atoms with Gasteiger partial charge < -0.3 is 16.0 Å². The normalized spacial score (nSPS) is 16.1. The fraction of sp³-hybridized carbons (Fsp3) is 0.452. The predicted molar refractivity (Wildman–Crippen MR) is 160 cm³/mol. The summed E-state index contributed by atoms with van der Waals surface area (Å²) in [5, 5.41) is 9.92. The molecule has 9 heteroatoms. The number of hydrogen-bond donors (Lipinski definition) is 3. The van der Waals surface area contributed by atoms with Crippen LogP contribution in [0.4, 0.5) is 26.1 Å². The first-order valence-electron chi connectivity index (χ1n) is 14.0. The number of aryl methyl sites for hydroxylation is 1. The third kappa shape index (κ3) is 7.68. The number of nitrogens with zero attached hydrogens (tertiary/aromatic N) is 4. The van der Waals surface area contributed by atoms with Crippen molar-refractivity contribution >= 4 is 24.0 Å². The van der Waals surface area contributed by atoms with Crippen molar-refractivity contribution in [3.8, 4) is 11.1 Å². The van der Waals surface area contributed by atoms with Crippen LogP contribution in [-0.4, -0.2) is 60.4 Å². The quantitative estimate of drug-likeness (QED) is 0.255. The fourth-order valence-corrected chi connectivity index (χ4v) is 5.00. The maximum atomic E-state index is 15.0. The maximum absolute atomic E-state index is 15.0. The van der Waals surface area contributed by atoms with E-state index in [1.54, 1.807) is 12.1 Å². The van der Waals surface area contributed by atoms with Crippen LogP contribution in [0.5, 0.6) is 0 Å². The number of halogens is 2. The summed E-state index contributed by atoms with van der Waals surface area (Å²) >= 11 is 0. The van der Waals surface area contributed by atoms with Gasteiger partial charge in [-0.1, -0.05) is 12.5 Å². The summed E-state index contributed by atoms with van der Waals surface area (Å²) in [6.07, 6.45) is 7.97. The Morgan fingerprint density at radius 2 is 1.90 bits per heavy atom. The van der Waals surface area contributed by atoms with E-state index in [1.165, 1.54) is 25.3 Å². The molecule has 0 aliphatic carbocycles. The van der Waals surface area contributed by atoms with E-state index in [2.05, 4.69) is 63.4 Å². The number of nitrogens with one attached hydrogen (secondary N) is 3. The Labute approximate surface area is 236 Å². The first kappa shape index (κ1) is 29.7. The lowest BCUT2D eigenvalue weighted by atomic mass is 9.93. The number of benzene rings is 1. The van der Waals surface area contributed by atoms with Gasteiger partial charge in [0.15, 0.2) is 0 Å². The van der Waals surface area contributed by atoms with Gasteiger partial charge in [0.05, 0.1) is 6.20 Å². The number of hydrogen-bond acceptors (Lipinski definition) is 7. The third-order valence-electron chi connectivity index (χ3n) is 7.82. The minimum absolute atomic E-state index is 0.145. The monoisotopic (exact) mass is 549 g/mol. The zero-order valence-electron chi connectivity index (χ0n) is 24.0. The van der Waals surface area contributed by atoms with Gasteiger partial charge in [0.25, 0.3) is 0 Å². The Morgan fingerprint density at radius 1 is 1.10 bits per heavy atom. The third-order valence-corrected chi connectivity index (χ3v) is 7.82. The van der Waals surface area contributed by atoms with Crippen LogP contribution < -0.4 is 16.0 Å². The molecule has 1 saturated heterocycles. The van der Waals surface area contributed by atoms with Crippen molar-refractivity contribution in [3.05, 3.63) is 65.5 Å². The van der Waals surface area contributed by atoms with E-state index in [9.17, 15) is 4.39 Å². The number of rotatable bonds is 11. The Bertz CT molecular complexity index is 1290. The lowest BCUT2D eigenvalue weighted by Crippen LogP contribution is -2.38. The average molecular weight is 550 g/mol. The molecule has 1 unspecified atom stereocenters. The van der Waals surface area contributed by atoms with Crippen LogP contribution in [0, 0.1) is 11.6 Å². The lowest BCUT2D eigenvalue weighted by molar-refractivity contribution is 0.222. The Kier molecular flexibility index (Phi) is 9.95. The predicted octanol–water partition coefficient (Wildman–Crippen LogP) is 6.00. The van der Waals surface area contributed by atoms with Gasteiger partial charge in [0.2, 0.25) is 0 Å². The van der Waals surface area contributed by atoms with Crippen LogP contribution in [-0.2, 0) is 13.0 Å². The van der Waals surface area contributed by atoms with Gasteiger partial charge in [-0.15, -0.1) is 0 Å². The molecular weight excluding hydrogens is 508 g/mol. The van der Waals surface area contributed by atoms with Crippen molar-refractivity contribution in [2.75, 3.05) is 32.5 Å². The molecule has 3 N–H and O–H groups in total. The fourth-order valence-electron chi connectivity index (χ4n) is 5.00. The summed E-state index contributed by atoms with van der Waals surface area (Å²) in [7, 11) is 4.04. The SMILES string of the molecule is C=Nc1c(F)cc(-c2cc(Nc3ccc(CN(C)C4CCCCNC4)cn3)ncc2F)cc1CCC(C)(C)NC. The molecule has 0 radical (unpaired) electrons. The highest BCUT2D eigenvalue weighted by Gasteiger charge is 2.20. The first-order chi connectivity index (χ1) is 19.2. The Balaban J connectivity index is 1.50. The highest BCUT2D eigenvalue weighted by atomic mass is 19.1. The molecule has 1 aliphatic heterocycles. The molecule has 4 rings (SSSR count). The van der Waals surface area contributed by atoms with Crippen LogP contribution in [0.2, 0.25) is 0 Å². The molecule has 1 aromatic carbocycles. The van der Waals surface area contributed by atoms with E-state index >= 15 is 4.39 Å². The molecule has 0 amide bonds. The molecule has 214 valence electrons. The molecule has 3 heterocycles. The smallest absolute Gasteiger partial charge is 0.149 e. The molecule has 40 heavy (non-hydrogen) atoms. The van der Waals surface area contributed by atoms with Gasteiger partial charge in [-0.2, -0.15) is 0 Å². The van der Waals surface area contributed by atoms with E-state index in [0.717, 1.165) is 37.8 Å². The zero-order valence-corrected chi connectivity index (χ0v) is 24.0. The van der Waals surface area contributed by atoms with Gasteiger partial charge in [-0.3, -0.25) is 9.89 Å². The summed E-state index contributed by atoms with van der Waals surface area (Å²) < 4.78 is 30.0. The highest BCUT2D eigenvalue weighted by Crippen LogP contribution is 2.34. The summed E-state index contributed by atoms with van der Waals surface area (Å²) in [5.41, 5.74) is 2.52. The molecule has 1 atom stereocenters. The van der Waals surface area contributed by atoms with Crippen LogP contribution in [0.15, 0.2) is 47.7 Å². The van der Waals surface area contributed by atoms with Gasteiger partial charge in [0, 0.05) is 36.4 Å². The molecule has 3 aromatic rings. The number of aromatic nitrogens is 2. The summed E-state index contributed by atoms with van der Waals surface area (Å²) in [4.78, 5) is 15.0. The second-order valence-corrected chi connectivity index (χ2v) is 11.3. The molecule has 2 aromatic heterocycles. The van der Waals surface area contributed by atoms with Crippen molar-refractivity contribution in [2.45, 2.75) is 64.1 Å². The standard InChI is InChI=1S/C31H41F2N7/c1-31(2,35-4)12-11-22-14-23(15-26(32)30(22)34-3)25-16-29(38-19-27(25)33)39-28-10-9-21(17-37-28)20-40(5)24-8-6-7-13-36-18-24/h9-10,14-17,19,24,35-36H,3,6-8,11-13,18,20H2,1-2,4-5H3,(H,37,38,39). The first-order valence-corrected chi connectivity index (χ1v) is 14.0. The van der Waals surface area contributed by atoms with E-state index in [0.29, 0.717) is 35.2 Å². The minimum atomic E-state index is -0.537. The van der Waals surface area contributed by atoms with Crippen LogP contribution in [0.3, 0.4) is 0 Å². The molecular formula is C31H41F2N7. The van der Waals surface area contributed by atoms with E-state index in [1.807, 2.05) is 25.4 Å². The van der Waals surface area contributed by atoms with E-state index in [4.69, 9.17) is 0 Å². The van der Waals surface area contributed by atoms with Crippen LogP contribution >= 0.6 is 0 Å². The maximum Gasteiger partial charge on any atom is 0.149 e. The Hall–Kier alpha value is -3.27. The van der Waals surface area contributed by atoms with Gasteiger partial charge in [0.1, 0.15) is 29.0 Å². The van der Waals surface area contributed by atoms with E-state index in [-0.39, 0.29) is 16.8 Å². The van der Waals surface area contributed by atoms with Crippen molar-refractivity contribution in [1.29, 1.82) is 0 Å². The molecule has 0 spiro atoms. The summed E-state index contributed by atoms with van der Waals surface area (Å²) in [6, 6.07) is 9.11. The molecule has 1 aliphatic rings. The number of likely N-dealkylation sites (N-methyl/N-ethyl adjacent to an activating group) is 1. The molecule has 1 fully saturated rings. The topological polar surface area (TPSA) is 77.5 Å². The molecule has 0 bridgehead atoms. The summed E-state index contributed by atoms with van der Waals surface area (Å²) in [5.74, 6) is -0.0510. The van der Waals surface area contributed by atoms with Crippen molar-refractivity contribution < 1.29 is 8.78 Å². The van der Waals surface area contributed by atoms with Gasteiger partial charge in [-0.25, -0.2) is 18.7 Å². The number of anilines is 2. The van der Waals surface area contributed by atoms with E-state index < -0.39 is 11.6 Å².